The van der Waals surface area contributed by atoms with Gasteiger partial charge in [0.2, 0.25) is 0 Å². The average molecular weight is 425 g/mol. The van der Waals surface area contributed by atoms with Gasteiger partial charge in [-0.1, -0.05) is 28.1 Å². The predicted molar refractivity (Wildman–Crippen MR) is 102 cm³/mol. The molecule has 1 aliphatic heterocycles. The monoisotopic (exact) mass is 424 g/mol. The third kappa shape index (κ3) is 4.22. The molecule has 0 atom stereocenters. The van der Waals surface area contributed by atoms with Gasteiger partial charge >= 0.3 is 0 Å². The number of hydrogen-bond acceptors (Lipinski definition) is 5. The lowest BCUT2D eigenvalue weighted by atomic mass is 9.74. The number of halogens is 1. The molecule has 1 aromatic heterocycles. The third-order valence-electron chi connectivity index (χ3n) is 4.65. The van der Waals surface area contributed by atoms with Crippen LogP contribution >= 0.6 is 15.9 Å². The van der Waals surface area contributed by atoms with E-state index < -0.39 is 9.84 Å². The first-order valence-electron chi connectivity index (χ1n) is 8.13. The van der Waals surface area contributed by atoms with E-state index in [0.717, 1.165) is 17.3 Å². The number of ether oxygens (including phenoxy) is 1. The highest BCUT2D eigenvalue weighted by Gasteiger charge is 2.35. The van der Waals surface area contributed by atoms with Crippen LogP contribution in [0.2, 0.25) is 0 Å². The lowest BCUT2D eigenvalue weighted by Gasteiger charge is -2.38. The third-order valence-corrected chi connectivity index (χ3v) is 6.27. The smallest absolute Gasteiger partial charge is 0.179 e. The molecule has 0 amide bonds. The highest BCUT2D eigenvalue weighted by atomic mass is 79.9. The van der Waals surface area contributed by atoms with Crippen LogP contribution in [0.5, 0.6) is 0 Å². The maximum atomic E-state index is 12.0. The van der Waals surface area contributed by atoms with Gasteiger partial charge in [-0.2, -0.15) is 0 Å². The maximum absolute atomic E-state index is 12.0. The second-order valence-corrected chi connectivity index (χ2v) is 9.28. The Morgan fingerprint density at radius 3 is 2.68 bits per heavy atom. The molecule has 2 aromatic rings. The molecular weight excluding hydrogens is 404 g/mol. The number of pyridine rings is 1. The molecule has 0 radical (unpaired) electrons. The van der Waals surface area contributed by atoms with E-state index >= 15 is 0 Å². The lowest BCUT2D eigenvalue weighted by molar-refractivity contribution is 0.0543. The Labute approximate surface area is 156 Å². The molecule has 1 N–H and O–H groups in total. The summed E-state index contributed by atoms with van der Waals surface area (Å²) in [4.78, 5) is 4.47. The molecule has 0 aliphatic carbocycles. The Morgan fingerprint density at radius 1 is 1.24 bits per heavy atom. The summed E-state index contributed by atoms with van der Waals surface area (Å²) in [5.41, 5.74) is 1.10. The number of nitrogens with one attached hydrogen (secondary N) is 1. The van der Waals surface area contributed by atoms with Crippen LogP contribution in [0.25, 0.3) is 0 Å². The Morgan fingerprint density at radius 2 is 2.00 bits per heavy atom. The maximum Gasteiger partial charge on any atom is 0.179 e. The Hall–Kier alpha value is -1.44. The summed E-state index contributed by atoms with van der Waals surface area (Å²) < 4.78 is 30.6. The molecule has 1 fully saturated rings. The SMILES string of the molecule is CS(=O)(=O)c1cccnc1NCC1(c2cccc(Br)c2)CCOCC1. The van der Waals surface area contributed by atoms with Crippen LogP contribution in [-0.2, 0) is 20.0 Å². The van der Waals surface area contributed by atoms with Crippen LogP contribution in [0.1, 0.15) is 18.4 Å². The number of nitrogens with zero attached hydrogens (tertiary/aromatic N) is 1. The zero-order valence-corrected chi connectivity index (χ0v) is 16.4. The van der Waals surface area contributed by atoms with Crippen molar-refractivity contribution in [3.63, 3.8) is 0 Å². The fraction of sp³-hybridized carbons (Fsp3) is 0.389. The van der Waals surface area contributed by atoms with Gasteiger partial charge in [-0.05, 0) is 42.7 Å². The molecule has 0 spiro atoms. The van der Waals surface area contributed by atoms with E-state index in [2.05, 4.69) is 38.4 Å². The first-order valence-corrected chi connectivity index (χ1v) is 10.8. The van der Waals surface area contributed by atoms with E-state index in [0.29, 0.717) is 25.6 Å². The first kappa shape index (κ1) is 18.4. The predicted octanol–water partition coefficient (Wildman–Crippen LogP) is 3.41. The molecule has 0 bridgehead atoms. The molecule has 25 heavy (non-hydrogen) atoms. The molecule has 0 saturated carbocycles. The van der Waals surface area contributed by atoms with E-state index in [4.69, 9.17) is 4.74 Å². The van der Waals surface area contributed by atoms with Gasteiger partial charge in [-0.15, -0.1) is 0 Å². The van der Waals surface area contributed by atoms with Crippen molar-refractivity contribution >= 4 is 31.6 Å². The molecule has 1 aromatic carbocycles. The molecule has 3 rings (SSSR count). The zero-order chi connectivity index (χ0) is 17.9. The van der Waals surface area contributed by atoms with Gasteiger partial charge in [0.05, 0.1) is 0 Å². The van der Waals surface area contributed by atoms with Crippen LogP contribution in [-0.4, -0.2) is 39.4 Å². The fourth-order valence-corrected chi connectivity index (χ4v) is 4.42. The minimum atomic E-state index is -3.33. The number of hydrogen-bond donors (Lipinski definition) is 1. The molecule has 0 unspecified atom stereocenters. The van der Waals surface area contributed by atoms with Crippen LogP contribution < -0.4 is 5.32 Å². The lowest BCUT2D eigenvalue weighted by Crippen LogP contribution is -2.40. The molecule has 1 saturated heterocycles. The molecule has 1 aliphatic rings. The van der Waals surface area contributed by atoms with Crippen molar-refractivity contribution in [1.29, 1.82) is 0 Å². The summed E-state index contributed by atoms with van der Waals surface area (Å²) in [7, 11) is -3.33. The van der Waals surface area contributed by atoms with Crippen molar-refractivity contribution in [2.45, 2.75) is 23.2 Å². The molecule has 5 nitrogen and oxygen atoms in total. The standard InChI is InChI=1S/C18H21BrN2O3S/c1-25(22,23)16-6-3-9-20-17(16)21-13-18(7-10-24-11-8-18)14-4-2-5-15(19)12-14/h2-6,9,12H,7-8,10-11,13H2,1H3,(H,20,21). The number of anilines is 1. The normalized spacial score (nSPS) is 17.2. The highest BCUT2D eigenvalue weighted by molar-refractivity contribution is 9.10. The Balaban J connectivity index is 1.91. The molecule has 2 heterocycles. The molecular formula is C18H21BrN2O3S. The van der Waals surface area contributed by atoms with Crippen molar-refractivity contribution in [3.05, 3.63) is 52.6 Å². The summed E-state index contributed by atoms with van der Waals surface area (Å²) in [6, 6.07) is 11.5. The zero-order valence-electron chi connectivity index (χ0n) is 14.0. The van der Waals surface area contributed by atoms with E-state index in [9.17, 15) is 8.42 Å². The van der Waals surface area contributed by atoms with Crippen LogP contribution in [0.15, 0.2) is 52.0 Å². The number of rotatable bonds is 5. The van der Waals surface area contributed by atoms with Crippen molar-refractivity contribution in [2.75, 3.05) is 31.3 Å². The van der Waals surface area contributed by atoms with Crippen LogP contribution in [0.3, 0.4) is 0 Å². The number of aromatic nitrogens is 1. The van der Waals surface area contributed by atoms with Gasteiger partial charge in [0.15, 0.2) is 9.84 Å². The van der Waals surface area contributed by atoms with E-state index in [-0.39, 0.29) is 10.3 Å². The second-order valence-electron chi connectivity index (χ2n) is 6.38. The summed E-state index contributed by atoms with van der Waals surface area (Å²) in [6.45, 7) is 1.98. The van der Waals surface area contributed by atoms with Crippen molar-refractivity contribution in [3.8, 4) is 0 Å². The van der Waals surface area contributed by atoms with Crippen LogP contribution in [0.4, 0.5) is 5.82 Å². The first-order chi connectivity index (χ1) is 11.9. The second kappa shape index (κ2) is 7.43. The highest BCUT2D eigenvalue weighted by Crippen LogP contribution is 2.36. The van der Waals surface area contributed by atoms with E-state index in [1.165, 1.54) is 11.8 Å². The summed E-state index contributed by atoms with van der Waals surface area (Å²) in [5, 5.41) is 3.29. The minimum Gasteiger partial charge on any atom is -0.381 e. The van der Waals surface area contributed by atoms with Crippen LogP contribution in [0, 0.1) is 0 Å². The Kier molecular flexibility index (Phi) is 5.46. The summed E-state index contributed by atoms with van der Waals surface area (Å²) in [5.74, 6) is 0.408. The summed E-state index contributed by atoms with van der Waals surface area (Å²) >= 11 is 3.54. The van der Waals surface area contributed by atoms with Gasteiger partial charge in [-0.3, -0.25) is 0 Å². The van der Waals surface area contributed by atoms with Crippen molar-refractivity contribution in [1.82, 2.24) is 4.98 Å². The summed E-state index contributed by atoms with van der Waals surface area (Å²) in [6.07, 6.45) is 4.55. The number of benzene rings is 1. The quantitative estimate of drug-likeness (QED) is 0.796. The van der Waals surface area contributed by atoms with Crippen molar-refractivity contribution in [2.24, 2.45) is 0 Å². The van der Waals surface area contributed by atoms with E-state index in [1.807, 2.05) is 12.1 Å². The number of sulfone groups is 1. The van der Waals surface area contributed by atoms with Gasteiger partial charge in [-0.25, -0.2) is 13.4 Å². The minimum absolute atomic E-state index is 0.117. The molecule has 134 valence electrons. The Bertz CT molecular complexity index is 849. The van der Waals surface area contributed by atoms with Gasteiger partial charge < -0.3 is 10.1 Å². The average Bonchev–Trinajstić information content (AvgIpc) is 2.60. The van der Waals surface area contributed by atoms with Gasteiger partial charge in [0, 0.05) is 42.1 Å². The van der Waals surface area contributed by atoms with Gasteiger partial charge in [0.1, 0.15) is 10.7 Å². The van der Waals surface area contributed by atoms with Crippen molar-refractivity contribution < 1.29 is 13.2 Å². The topological polar surface area (TPSA) is 68.3 Å². The fourth-order valence-electron chi connectivity index (χ4n) is 3.22. The van der Waals surface area contributed by atoms with E-state index in [1.54, 1.807) is 18.3 Å². The largest absolute Gasteiger partial charge is 0.381 e. The molecule has 7 heteroatoms. The van der Waals surface area contributed by atoms with Gasteiger partial charge in [0.25, 0.3) is 0 Å².